The monoisotopic (exact) mass is 416 g/mol. The molecule has 0 radical (unpaired) electrons. The molecule has 1 spiro atoms. The molecule has 1 unspecified atom stereocenters. The first kappa shape index (κ1) is 17.9. The highest BCUT2D eigenvalue weighted by Gasteiger charge is 2.50. The van der Waals surface area contributed by atoms with E-state index in [0.717, 1.165) is 22.0 Å². The molecule has 2 saturated heterocycles. The van der Waals surface area contributed by atoms with Gasteiger partial charge in [-0.3, -0.25) is 4.98 Å². The number of fused-ring (bicyclic) bond motifs is 2. The minimum absolute atomic E-state index is 0.362. The van der Waals surface area contributed by atoms with Gasteiger partial charge in [-0.25, -0.2) is 9.78 Å². The van der Waals surface area contributed by atoms with E-state index in [1.165, 1.54) is 0 Å². The van der Waals surface area contributed by atoms with Crippen molar-refractivity contribution in [3.8, 4) is 11.1 Å². The topological polar surface area (TPSA) is 134 Å². The van der Waals surface area contributed by atoms with Crippen LogP contribution in [-0.2, 0) is 0 Å². The second-order valence-electron chi connectivity index (χ2n) is 8.08. The first-order valence-electron chi connectivity index (χ1n) is 10.0. The molecule has 10 nitrogen and oxygen atoms in total. The van der Waals surface area contributed by atoms with Gasteiger partial charge in [0.15, 0.2) is 11.9 Å². The van der Waals surface area contributed by atoms with Crippen molar-refractivity contribution in [2.45, 2.75) is 18.2 Å². The van der Waals surface area contributed by atoms with E-state index in [2.05, 4.69) is 26.8 Å². The summed E-state index contributed by atoms with van der Waals surface area (Å²) in [5.74, 6) is 1.13. The molecule has 3 aromatic heterocycles. The molecule has 156 valence electrons. The Labute approximate surface area is 176 Å². The van der Waals surface area contributed by atoms with Crippen molar-refractivity contribution in [3.63, 3.8) is 0 Å². The summed E-state index contributed by atoms with van der Waals surface area (Å²) in [5, 5.41) is 21.1. The van der Waals surface area contributed by atoms with Crippen LogP contribution in [0.5, 0.6) is 0 Å². The van der Waals surface area contributed by atoms with E-state index in [0.29, 0.717) is 36.8 Å². The number of nitrogens with one attached hydrogen (secondary N) is 2. The second kappa shape index (κ2) is 6.29. The third kappa shape index (κ3) is 2.68. The van der Waals surface area contributed by atoms with Crippen LogP contribution in [0.25, 0.3) is 27.7 Å². The molecule has 2 atom stereocenters. The fourth-order valence-corrected chi connectivity index (χ4v) is 4.50. The normalized spacial score (nSPS) is 23.1. The summed E-state index contributed by atoms with van der Waals surface area (Å²) >= 11 is 0. The first-order chi connectivity index (χ1) is 15.0. The van der Waals surface area contributed by atoms with E-state index in [-0.39, 0.29) is 6.03 Å². The van der Waals surface area contributed by atoms with Gasteiger partial charge in [0.2, 0.25) is 0 Å². The number of carbonyl (C=O) groups excluding carboxylic acids is 1. The number of anilines is 2. The van der Waals surface area contributed by atoms with Gasteiger partial charge in [0, 0.05) is 41.9 Å². The predicted octanol–water partition coefficient (Wildman–Crippen LogP) is 1.11. The first-order valence-corrected chi connectivity index (χ1v) is 10.0. The van der Waals surface area contributed by atoms with Gasteiger partial charge in [-0.15, -0.1) is 0 Å². The van der Waals surface area contributed by atoms with Crippen molar-refractivity contribution in [2.24, 2.45) is 0 Å². The molecule has 2 fully saturated rings. The Kier molecular flexibility index (Phi) is 3.63. The molecule has 31 heavy (non-hydrogen) atoms. The summed E-state index contributed by atoms with van der Waals surface area (Å²) in [7, 11) is 0. The molecule has 0 bridgehead atoms. The highest BCUT2D eigenvalue weighted by Crippen LogP contribution is 2.33. The molecular formula is C21H20N8O2. The minimum atomic E-state index is -0.944. The van der Waals surface area contributed by atoms with Crippen LogP contribution < -0.4 is 21.3 Å². The Morgan fingerprint density at radius 3 is 2.94 bits per heavy atom. The Morgan fingerprint density at radius 1 is 1.23 bits per heavy atom. The lowest BCUT2D eigenvalue weighted by atomic mass is 9.98. The minimum Gasteiger partial charge on any atom is -0.383 e. The van der Waals surface area contributed by atoms with Crippen molar-refractivity contribution in [3.05, 3.63) is 48.8 Å². The molecular weight excluding hydrogens is 396 g/mol. The summed E-state index contributed by atoms with van der Waals surface area (Å²) in [5.41, 5.74) is 8.84. The van der Waals surface area contributed by atoms with Gasteiger partial charge in [0.1, 0.15) is 17.2 Å². The number of para-hydroxylation sites is 1. The van der Waals surface area contributed by atoms with E-state index < -0.39 is 11.8 Å². The van der Waals surface area contributed by atoms with Crippen molar-refractivity contribution in [1.82, 2.24) is 30.2 Å². The molecule has 5 heterocycles. The maximum atomic E-state index is 11.7. The van der Waals surface area contributed by atoms with Gasteiger partial charge in [-0.1, -0.05) is 18.2 Å². The van der Waals surface area contributed by atoms with Crippen LogP contribution in [-0.4, -0.2) is 55.6 Å². The van der Waals surface area contributed by atoms with Gasteiger partial charge in [0.05, 0.1) is 11.7 Å². The molecule has 2 aliphatic rings. The van der Waals surface area contributed by atoms with Crippen LogP contribution >= 0.6 is 0 Å². The lowest BCUT2D eigenvalue weighted by Gasteiger charge is -2.26. The van der Waals surface area contributed by atoms with Gasteiger partial charge < -0.3 is 26.4 Å². The molecule has 0 saturated carbocycles. The van der Waals surface area contributed by atoms with Crippen LogP contribution in [0.4, 0.5) is 16.4 Å². The number of hydrogen-bond acceptors (Lipinski definition) is 7. The van der Waals surface area contributed by atoms with E-state index >= 15 is 0 Å². The molecule has 2 aliphatic heterocycles. The van der Waals surface area contributed by atoms with E-state index in [1.54, 1.807) is 16.8 Å². The third-order valence-electron chi connectivity index (χ3n) is 6.17. The summed E-state index contributed by atoms with van der Waals surface area (Å²) in [6, 6.07) is 11.4. The number of amides is 2. The fourth-order valence-electron chi connectivity index (χ4n) is 4.50. The van der Waals surface area contributed by atoms with Crippen LogP contribution in [0, 0.1) is 0 Å². The molecule has 1 aromatic carbocycles. The van der Waals surface area contributed by atoms with Crippen molar-refractivity contribution < 1.29 is 9.90 Å². The molecule has 10 heteroatoms. The predicted molar refractivity (Wildman–Crippen MR) is 115 cm³/mol. The average Bonchev–Trinajstić information content (AvgIpc) is 3.45. The fraction of sp³-hybridized carbons (Fsp3) is 0.238. The Balaban J connectivity index is 1.41. The van der Waals surface area contributed by atoms with Gasteiger partial charge in [0.25, 0.3) is 0 Å². The molecule has 0 aliphatic carbocycles. The lowest BCUT2D eigenvalue weighted by Crippen LogP contribution is -2.51. The number of aliphatic hydroxyl groups is 1. The van der Waals surface area contributed by atoms with Crippen molar-refractivity contribution >= 4 is 34.2 Å². The van der Waals surface area contributed by atoms with E-state index in [4.69, 9.17) is 10.7 Å². The zero-order chi connectivity index (χ0) is 21.2. The van der Waals surface area contributed by atoms with Crippen LogP contribution in [0.15, 0.2) is 48.8 Å². The number of nitrogens with zero attached hydrogens (tertiary/aromatic N) is 5. The van der Waals surface area contributed by atoms with Gasteiger partial charge in [-0.2, -0.15) is 9.61 Å². The number of aliphatic hydroxyl groups excluding tert-OH is 1. The summed E-state index contributed by atoms with van der Waals surface area (Å²) in [6.07, 6.45) is 3.20. The number of aromatic nitrogens is 4. The Hall–Kier alpha value is -3.92. The second-order valence-corrected chi connectivity index (χ2v) is 8.08. The molecule has 2 amide bonds. The van der Waals surface area contributed by atoms with Crippen LogP contribution in [0.3, 0.4) is 0 Å². The maximum Gasteiger partial charge on any atom is 0.317 e. The smallest absolute Gasteiger partial charge is 0.317 e. The van der Waals surface area contributed by atoms with E-state index in [9.17, 15) is 9.90 Å². The summed E-state index contributed by atoms with van der Waals surface area (Å²) < 4.78 is 1.60. The average molecular weight is 416 g/mol. The third-order valence-corrected chi connectivity index (χ3v) is 6.17. The van der Waals surface area contributed by atoms with Crippen LogP contribution in [0.1, 0.15) is 6.42 Å². The van der Waals surface area contributed by atoms with Crippen LogP contribution in [0.2, 0.25) is 0 Å². The van der Waals surface area contributed by atoms with Crippen molar-refractivity contribution in [2.75, 3.05) is 23.7 Å². The number of carbonyl (C=O) groups is 1. The van der Waals surface area contributed by atoms with Gasteiger partial charge >= 0.3 is 6.03 Å². The number of pyridine rings is 1. The molecule has 5 N–H and O–H groups in total. The SMILES string of the molecule is Nc1cc(N2CCC3(C2)NC(=O)N[C@@H]3O)nc2c(-c3cnc4ccccc4c3)cnn12. The Morgan fingerprint density at radius 2 is 2.10 bits per heavy atom. The van der Waals surface area contributed by atoms with E-state index in [1.807, 2.05) is 35.4 Å². The standard InChI is InChI=1S/C21H20N8O2/c22-16-8-17(28-6-5-21(11-28)19(30)26-20(31)27-21)25-18-14(10-24-29(16)18)13-7-12-3-1-2-4-15(12)23-9-13/h1-4,7-10,19,30H,5-6,11,22H2,(H2,26,27,31)/t19-,21?/m1/s1. The zero-order valence-corrected chi connectivity index (χ0v) is 16.5. The largest absolute Gasteiger partial charge is 0.383 e. The number of urea groups is 1. The Bertz CT molecular complexity index is 1350. The lowest BCUT2D eigenvalue weighted by molar-refractivity contribution is 0.0926. The molecule has 4 aromatic rings. The summed E-state index contributed by atoms with van der Waals surface area (Å²) in [6.45, 7) is 1.05. The quantitative estimate of drug-likeness (QED) is 0.385. The zero-order valence-electron chi connectivity index (χ0n) is 16.5. The highest BCUT2D eigenvalue weighted by atomic mass is 16.3. The van der Waals surface area contributed by atoms with Gasteiger partial charge in [-0.05, 0) is 18.6 Å². The maximum absolute atomic E-state index is 11.7. The molecule has 6 rings (SSSR count). The number of nitrogens with two attached hydrogens (primary N) is 1. The number of benzene rings is 1. The summed E-state index contributed by atoms with van der Waals surface area (Å²) in [4.78, 5) is 23.1. The van der Waals surface area contributed by atoms with Crippen molar-refractivity contribution in [1.29, 1.82) is 0 Å². The number of nitrogen functional groups attached to an aromatic ring is 1. The number of rotatable bonds is 2. The number of hydrogen-bond donors (Lipinski definition) is 4. The highest BCUT2D eigenvalue weighted by molar-refractivity contribution is 5.87.